The normalized spacial score (nSPS) is 10.3. The molecule has 1 aromatic carbocycles. The summed E-state index contributed by atoms with van der Waals surface area (Å²) in [7, 11) is 0. The lowest BCUT2D eigenvalue weighted by molar-refractivity contribution is 0.321. The van der Waals surface area contributed by atoms with Crippen LogP contribution in [0.4, 0.5) is 5.69 Å². The van der Waals surface area contributed by atoms with Crippen molar-refractivity contribution < 1.29 is 10.3 Å². The second kappa shape index (κ2) is 3.47. The third-order valence-electron chi connectivity index (χ3n) is 1.31. The van der Waals surface area contributed by atoms with Gasteiger partial charge in [-0.05, 0) is 23.4 Å². The van der Waals surface area contributed by atoms with Crippen LogP contribution in [-0.4, -0.2) is 16.5 Å². The summed E-state index contributed by atoms with van der Waals surface area (Å²) in [5, 5.41) is 22.6. The highest BCUT2D eigenvalue weighted by atomic mass is 16.4. The molecule has 0 saturated carbocycles. The van der Waals surface area contributed by atoms with Crippen molar-refractivity contribution in [2.45, 2.75) is 0 Å². The summed E-state index contributed by atoms with van der Waals surface area (Å²) < 4.78 is 0. The Morgan fingerprint density at radius 2 is 2.17 bits per heavy atom. The highest BCUT2D eigenvalue weighted by Gasteiger charge is 1.99. The third kappa shape index (κ3) is 1.57. The van der Waals surface area contributed by atoms with Crippen molar-refractivity contribution in [2.75, 3.05) is 0 Å². The predicted octanol–water partition coefficient (Wildman–Crippen LogP) is 1.60. The van der Waals surface area contributed by atoms with Crippen LogP contribution in [0.5, 0.6) is 5.75 Å². The first-order chi connectivity index (χ1) is 5.77. The van der Waals surface area contributed by atoms with Gasteiger partial charge in [0.2, 0.25) is 0 Å². The van der Waals surface area contributed by atoms with E-state index in [9.17, 15) is 4.91 Å². The highest BCUT2D eigenvalue weighted by Crippen LogP contribution is 2.21. The van der Waals surface area contributed by atoms with E-state index >= 15 is 0 Å². The maximum absolute atomic E-state index is 10.0. The molecule has 5 nitrogen and oxygen atoms in total. The fourth-order valence-electron chi connectivity index (χ4n) is 0.764. The number of phenolic OH excluding ortho intramolecular Hbond substituents is 1. The van der Waals surface area contributed by atoms with E-state index in [0.717, 1.165) is 6.21 Å². The van der Waals surface area contributed by atoms with Crippen molar-refractivity contribution in [1.82, 2.24) is 0 Å². The minimum atomic E-state index is -0.0693. The average molecular weight is 166 g/mol. The topological polar surface area (TPSA) is 82.2 Å². The van der Waals surface area contributed by atoms with Crippen LogP contribution in [0.3, 0.4) is 0 Å². The van der Waals surface area contributed by atoms with Gasteiger partial charge < -0.3 is 10.3 Å². The minimum Gasteiger partial charge on any atom is -0.507 e. The van der Waals surface area contributed by atoms with E-state index in [-0.39, 0.29) is 17.0 Å². The van der Waals surface area contributed by atoms with E-state index in [2.05, 4.69) is 10.3 Å². The van der Waals surface area contributed by atoms with Crippen LogP contribution in [-0.2, 0) is 0 Å². The molecule has 0 spiro atoms. The number of oxime groups is 1. The van der Waals surface area contributed by atoms with Crippen LogP contribution in [0.15, 0.2) is 28.5 Å². The molecule has 0 aliphatic heterocycles. The second-order valence-electron chi connectivity index (χ2n) is 2.08. The van der Waals surface area contributed by atoms with Gasteiger partial charge >= 0.3 is 0 Å². The molecule has 0 fully saturated rings. The van der Waals surface area contributed by atoms with Crippen molar-refractivity contribution >= 4 is 11.9 Å². The highest BCUT2D eigenvalue weighted by molar-refractivity contribution is 5.84. The summed E-state index contributed by atoms with van der Waals surface area (Å²) in [5.74, 6) is -0.0693. The number of hydrogen-bond acceptors (Lipinski definition) is 5. The van der Waals surface area contributed by atoms with E-state index in [0.29, 0.717) is 0 Å². The number of hydrogen-bond donors (Lipinski definition) is 2. The molecule has 12 heavy (non-hydrogen) atoms. The summed E-state index contributed by atoms with van der Waals surface area (Å²) in [6, 6.07) is 3.97. The smallest absolute Gasteiger partial charge is 0.124 e. The molecular weight excluding hydrogens is 160 g/mol. The summed E-state index contributed by atoms with van der Waals surface area (Å²) in [4.78, 5) is 10.0. The Labute approximate surface area is 67.9 Å². The van der Waals surface area contributed by atoms with Gasteiger partial charge in [0.05, 0.1) is 6.21 Å². The number of benzene rings is 1. The molecule has 0 amide bonds. The molecular formula is C7H6N2O3. The molecule has 0 aliphatic carbocycles. The van der Waals surface area contributed by atoms with Gasteiger partial charge in [0.25, 0.3) is 0 Å². The van der Waals surface area contributed by atoms with Crippen molar-refractivity contribution in [3.05, 3.63) is 28.7 Å². The number of nitrogens with zero attached hydrogens (tertiary/aromatic N) is 2. The van der Waals surface area contributed by atoms with Crippen LogP contribution in [0, 0.1) is 4.91 Å². The number of aromatic hydroxyl groups is 1. The largest absolute Gasteiger partial charge is 0.507 e. The monoisotopic (exact) mass is 166 g/mol. The summed E-state index contributed by atoms with van der Waals surface area (Å²) >= 11 is 0. The number of nitroso groups, excluding NO2 is 1. The zero-order valence-corrected chi connectivity index (χ0v) is 6.01. The number of phenols is 1. The van der Waals surface area contributed by atoms with Crippen molar-refractivity contribution in [3.63, 3.8) is 0 Å². The fourth-order valence-corrected chi connectivity index (χ4v) is 0.764. The van der Waals surface area contributed by atoms with Gasteiger partial charge in [-0.25, -0.2) is 0 Å². The summed E-state index contributed by atoms with van der Waals surface area (Å²) in [6.07, 6.45) is 1.02. The average Bonchev–Trinajstić information content (AvgIpc) is 2.09. The minimum absolute atomic E-state index is 0.0693. The maximum atomic E-state index is 10.0. The lowest BCUT2D eigenvalue weighted by Crippen LogP contribution is -1.81. The first kappa shape index (κ1) is 8.19. The van der Waals surface area contributed by atoms with Crippen molar-refractivity contribution in [2.24, 2.45) is 10.3 Å². The van der Waals surface area contributed by atoms with Crippen LogP contribution in [0.25, 0.3) is 0 Å². The Morgan fingerprint density at radius 3 is 2.75 bits per heavy atom. The summed E-state index contributed by atoms with van der Waals surface area (Å²) in [6.45, 7) is 0. The van der Waals surface area contributed by atoms with Crippen molar-refractivity contribution in [1.29, 1.82) is 0 Å². The molecule has 1 aromatic rings. The standard InChI is InChI=1S/C7H6N2O3/c10-7-2-1-6(9-12)3-5(7)4-8-11/h1-4,10-11H/b8-4+. The molecule has 0 saturated heterocycles. The lowest BCUT2D eigenvalue weighted by atomic mass is 10.2. The van der Waals surface area contributed by atoms with Gasteiger partial charge in [-0.3, -0.25) is 0 Å². The van der Waals surface area contributed by atoms with Crippen LogP contribution >= 0.6 is 0 Å². The molecule has 0 aromatic heterocycles. The molecule has 0 radical (unpaired) electrons. The summed E-state index contributed by atoms with van der Waals surface area (Å²) in [5.41, 5.74) is 0.414. The quantitative estimate of drug-likeness (QED) is 0.303. The van der Waals surface area contributed by atoms with E-state index in [1.165, 1.54) is 18.2 Å². The Hall–Kier alpha value is -1.91. The van der Waals surface area contributed by atoms with Gasteiger partial charge in [0.1, 0.15) is 11.4 Å². The van der Waals surface area contributed by atoms with Gasteiger partial charge in [-0.15, -0.1) is 4.91 Å². The van der Waals surface area contributed by atoms with E-state index in [1.54, 1.807) is 0 Å². The molecule has 2 N–H and O–H groups in total. The Balaban J connectivity index is 3.16. The second-order valence-corrected chi connectivity index (χ2v) is 2.08. The number of rotatable bonds is 2. The molecule has 0 bridgehead atoms. The molecule has 0 heterocycles. The fraction of sp³-hybridized carbons (Fsp3) is 0. The van der Waals surface area contributed by atoms with Gasteiger partial charge in [0, 0.05) is 5.56 Å². The lowest BCUT2D eigenvalue weighted by Gasteiger charge is -1.96. The molecule has 62 valence electrons. The first-order valence-corrected chi connectivity index (χ1v) is 3.11. The van der Waals surface area contributed by atoms with Crippen LogP contribution in [0.1, 0.15) is 5.56 Å². The zero-order valence-electron chi connectivity index (χ0n) is 6.01. The van der Waals surface area contributed by atoms with Crippen LogP contribution < -0.4 is 0 Å². The van der Waals surface area contributed by atoms with Gasteiger partial charge in [-0.1, -0.05) is 5.16 Å². The molecule has 1 rings (SSSR count). The van der Waals surface area contributed by atoms with E-state index < -0.39 is 0 Å². The first-order valence-electron chi connectivity index (χ1n) is 3.11. The third-order valence-corrected chi connectivity index (χ3v) is 1.31. The maximum Gasteiger partial charge on any atom is 0.124 e. The van der Waals surface area contributed by atoms with E-state index in [1.807, 2.05) is 0 Å². The Kier molecular flexibility index (Phi) is 2.37. The van der Waals surface area contributed by atoms with E-state index in [4.69, 9.17) is 10.3 Å². The van der Waals surface area contributed by atoms with Crippen LogP contribution in [0.2, 0.25) is 0 Å². The van der Waals surface area contributed by atoms with Crippen molar-refractivity contribution in [3.8, 4) is 5.75 Å². The molecule has 0 aliphatic rings. The Bertz CT molecular complexity index is 322. The molecule has 0 unspecified atom stereocenters. The molecule has 0 atom stereocenters. The Morgan fingerprint density at radius 1 is 1.42 bits per heavy atom. The predicted molar refractivity (Wildman–Crippen MR) is 42.9 cm³/mol. The van der Waals surface area contributed by atoms with Gasteiger partial charge in [-0.2, -0.15) is 0 Å². The van der Waals surface area contributed by atoms with Gasteiger partial charge in [0.15, 0.2) is 0 Å². The zero-order chi connectivity index (χ0) is 8.97. The molecule has 5 heteroatoms. The SMILES string of the molecule is O=Nc1ccc(O)c(/C=N/O)c1.